The van der Waals surface area contributed by atoms with Crippen molar-refractivity contribution >= 4 is 66.8 Å². The SMILES string of the molecule is O=C(NCCN1CCOCC1)c1cccc2c(NCCCNCCCNc3c4ccccc4nc4c(C(=O)NCCN5CCOCC5)cccc34)c3ccccc3nc12. The van der Waals surface area contributed by atoms with Crippen LogP contribution in [-0.2, 0) is 9.47 Å². The van der Waals surface area contributed by atoms with Gasteiger partial charge in [-0.25, -0.2) is 9.97 Å². The Balaban J connectivity index is 0.842. The minimum absolute atomic E-state index is 0.107. The van der Waals surface area contributed by atoms with Gasteiger partial charge in [-0.05, 0) is 50.2 Å². The summed E-state index contributed by atoms with van der Waals surface area (Å²) in [5.74, 6) is -0.214. The van der Waals surface area contributed by atoms with Crippen LogP contribution in [-0.4, -0.2) is 137 Å². The molecule has 2 fully saturated rings. The number of ether oxygens (including phenoxy) is 2. The average molecular weight is 798 g/mol. The van der Waals surface area contributed by atoms with Crippen LogP contribution in [0.1, 0.15) is 33.6 Å². The molecule has 2 amide bonds. The van der Waals surface area contributed by atoms with E-state index in [1.807, 2.05) is 72.8 Å². The van der Waals surface area contributed by atoms with E-state index in [-0.39, 0.29) is 11.8 Å². The molecule has 4 aromatic carbocycles. The normalized spacial score (nSPS) is 15.2. The summed E-state index contributed by atoms with van der Waals surface area (Å²) in [4.78, 5) is 41.4. The van der Waals surface area contributed by atoms with Gasteiger partial charge >= 0.3 is 0 Å². The molecule has 4 heterocycles. The fourth-order valence-electron chi connectivity index (χ4n) is 8.05. The summed E-state index contributed by atoms with van der Waals surface area (Å²) in [6.45, 7) is 12.5. The third kappa shape index (κ3) is 9.89. The number of nitrogens with one attached hydrogen (secondary N) is 5. The van der Waals surface area contributed by atoms with Crippen LogP contribution in [0.15, 0.2) is 84.9 Å². The van der Waals surface area contributed by atoms with Crippen LogP contribution in [0.4, 0.5) is 11.4 Å². The highest BCUT2D eigenvalue weighted by Crippen LogP contribution is 2.34. The number of aromatic nitrogens is 2. The van der Waals surface area contributed by atoms with Crippen molar-refractivity contribution < 1.29 is 19.1 Å². The van der Waals surface area contributed by atoms with Crippen molar-refractivity contribution in [3.05, 3.63) is 96.1 Å². The number of pyridine rings is 2. The van der Waals surface area contributed by atoms with E-state index in [1.165, 1.54) is 0 Å². The summed E-state index contributed by atoms with van der Waals surface area (Å²) in [7, 11) is 0. The first-order valence-corrected chi connectivity index (χ1v) is 21.1. The van der Waals surface area contributed by atoms with Crippen molar-refractivity contribution in [1.29, 1.82) is 0 Å². The van der Waals surface area contributed by atoms with Gasteiger partial charge in [0, 0.05) is 87.0 Å². The highest BCUT2D eigenvalue weighted by molar-refractivity contribution is 6.15. The number of rotatable bonds is 18. The summed E-state index contributed by atoms with van der Waals surface area (Å²) in [5.41, 5.74) is 6.30. The van der Waals surface area contributed by atoms with Crippen LogP contribution in [0.3, 0.4) is 0 Å². The highest BCUT2D eigenvalue weighted by atomic mass is 16.5. The fraction of sp³-hybridized carbons (Fsp3) is 0.391. The molecule has 5 N–H and O–H groups in total. The number of benzene rings is 4. The van der Waals surface area contributed by atoms with Gasteiger partial charge in [0.1, 0.15) is 0 Å². The molecule has 0 atom stereocenters. The number of nitrogens with zero attached hydrogens (tertiary/aromatic N) is 4. The Kier molecular flexibility index (Phi) is 13.7. The number of carbonyl (C=O) groups is 2. The predicted molar refractivity (Wildman–Crippen MR) is 237 cm³/mol. The third-order valence-electron chi connectivity index (χ3n) is 11.2. The van der Waals surface area contributed by atoms with Gasteiger partial charge < -0.3 is 36.1 Å². The number of para-hydroxylation sites is 4. The summed E-state index contributed by atoms with van der Waals surface area (Å²) in [6.07, 6.45) is 1.84. The molecule has 13 nitrogen and oxygen atoms in total. The second-order valence-electron chi connectivity index (χ2n) is 15.1. The number of hydrogen-bond acceptors (Lipinski definition) is 11. The zero-order chi connectivity index (χ0) is 40.2. The summed E-state index contributed by atoms with van der Waals surface area (Å²) in [5, 5.41) is 21.2. The molecule has 308 valence electrons. The Morgan fingerprint density at radius 2 is 0.932 bits per heavy atom. The van der Waals surface area contributed by atoms with E-state index in [0.717, 1.165) is 149 Å². The van der Waals surface area contributed by atoms with Crippen LogP contribution in [0.5, 0.6) is 0 Å². The van der Waals surface area contributed by atoms with Crippen LogP contribution in [0.25, 0.3) is 43.6 Å². The fourth-order valence-corrected chi connectivity index (χ4v) is 8.05. The van der Waals surface area contributed by atoms with Crippen LogP contribution in [0.2, 0.25) is 0 Å². The van der Waals surface area contributed by atoms with E-state index < -0.39 is 0 Å². The van der Waals surface area contributed by atoms with E-state index in [0.29, 0.717) is 35.2 Å². The lowest BCUT2D eigenvalue weighted by molar-refractivity contribution is 0.0382. The number of amides is 2. The molecule has 0 saturated carbocycles. The molecule has 2 aliphatic rings. The Bertz CT molecular complexity index is 2210. The van der Waals surface area contributed by atoms with Crippen molar-refractivity contribution in [3.8, 4) is 0 Å². The Morgan fingerprint density at radius 3 is 1.39 bits per heavy atom. The van der Waals surface area contributed by atoms with E-state index in [9.17, 15) is 9.59 Å². The standard InChI is InChI=1S/C46H55N9O4/c56-45(50-21-23-54-25-29-58-30-26-54)37-13-5-11-35-41(33-9-1-3-15-39(33)52-43(35)37)48-19-7-17-47-18-8-20-49-42-34-10-2-4-16-40(34)53-44-36(42)12-6-14-38(44)46(57)51-22-24-55-27-31-59-32-28-55/h1-6,9-16,47H,7-8,17-32H2,(H,48,52)(H,49,53)(H,50,56)(H,51,57). The first-order chi connectivity index (χ1) is 29.1. The third-order valence-corrected chi connectivity index (χ3v) is 11.2. The lowest BCUT2D eigenvalue weighted by atomic mass is 10.0. The van der Waals surface area contributed by atoms with Gasteiger partial charge in [0.05, 0.1) is 71.0 Å². The second kappa shape index (κ2) is 20.0. The lowest BCUT2D eigenvalue weighted by Gasteiger charge is -2.26. The van der Waals surface area contributed by atoms with Crippen LogP contribution in [0, 0.1) is 0 Å². The van der Waals surface area contributed by atoms with Crippen molar-refractivity contribution in [3.63, 3.8) is 0 Å². The van der Waals surface area contributed by atoms with Crippen LogP contribution < -0.4 is 26.6 Å². The zero-order valence-corrected chi connectivity index (χ0v) is 33.7. The minimum atomic E-state index is -0.107. The largest absolute Gasteiger partial charge is 0.384 e. The molecule has 2 saturated heterocycles. The molecule has 8 rings (SSSR count). The van der Waals surface area contributed by atoms with Gasteiger partial charge in [-0.15, -0.1) is 0 Å². The zero-order valence-electron chi connectivity index (χ0n) is 33.7. The Hall–Kier alpha value is -5.44. The maximum absolute atomic E-state index is 13.4. The van der Waals surface area contributed by atoms with Crippen molar-refractivity contribution in [2.45, 2.75) is 12.8 Å². The number of morpholine rings is 2. The smallest absolute Gasteiger partial charge is 0.253 e. The minimum Gasteiger partial charge on any atom is -0.384 e. The van der Waals surface area contributed by atoms with Gasteiger partial charge in [0.25, 0.3) is 11.8 Å². The average Bonchev–Trinajstić information content (AvgIpc) is 3.28. The quantitative estimate of drug-likeness (QED) is 0.0585. The Morgan fingerprint density at radius 1 is 0.508 bits per heavy atom. The molecule has 13 heteroatoms. The predicted octanol–water partition coefficient (Wildman–Crippen LogP) is 5.11. The summed E-state index contributed by atoms with van der Waals surface area (Å²) in [6, 6.07) is 27.9. The molecule has 59 heavy (non-hydrogen) atoms. The monoisotopic (exact) mass is 797 g/mol. The first-order valence-electron chi connectivity index (χ1n) is 21.1. The van der Waals surface area contributed by atoms with E-state index in [2.05, 4.69) is 48.5 Å². The molecule has 0 unspecified atom stereocenters. The topological polar surface area (TPSA) is 145 Å². The Labute approximate surface area is 345 Å². The highest BCUT2D eigenvalue weighted by Gasteiger charge is 2.19. The molecular formula is C46H55N9O4. The lowest BCUT2D eigenvalue weighted by Crippen LogP contribution is -2.41. The second-order valence-corrected chi connectivity index (χ2v) is 15.1. The van der Waals surface area contributed by atoms with E-state index >= 15 is 0 Å². The van der Waals surface area contributed by atoms with Gasteiger partial charge in [0.2, 0.25) is 0 Å². The molecule has 2 aliphatic heterocycles. The van der Waals surface area contributed by atoms with Crippen molar-refractivity contribution in [2.24, 2.45) is 0 Å². The van der Waals surface area contributed by atoms with Gasteiger partial charge in [0.15, 0.2) is 0 Å². The van der Waals surface area contributed by atoms with Gasteiger partial charge in [-0.1, -0.05) is 60.7 Å². The van der Waals surface area contributed by atoms with Crippen molar-refractivity contribution in [1.82, 2.24) is 35.7 Å². The van der Waals surface area contributed by atoms with Gasteiger partial charge in [-0.3, -0.25) is 19.4 Å². The molecule has 0 bridgehead atoms. The molecule has 0 radical (unpaired) electrons. The molecule has 0 aliphatic carbocycles. The molecule has 0 spiro atoms. The maximum atomic E-state index is 13.4. The maximum Gasteiger partial charge on any atom is 0.253 e. The first kappa shape index (κ1) is 40.3. The van der Waals surface area contributed by atoms with E-state index in [4.69, 9.17) is 19.4 Å². The van der Waals surface area contributed by atoms with Crippen molar-refractivity contribution in [2.75, 3.05) is 116 Å². The summed E-state index contributed by atoms with van der Waals surface area (Å²) < 4.78 is 10.9. The molecule has 6 aromatic rings. The van der Waals surface area contributed by atoms with Gasteiger partial charge in [-0.2, -0.15) is 0 Å². The summed E-state index contributed by atoms with van der Waals surface area (Å²) >= 11 is 0. The molecule has 2 aromatic heterocycles. The molecular weight excluding hydrogens is 743 g/mol. The number of hydrogen-bond donors (Lipinski definition) is 5. The number of carbonyl (C=O) groups excluding carboxylic acids is 2. The number of fused-ring (bicyclic) bond motifs is 4. The van der Waals surface area contributed by atoms with E-state index in [1.54, 1.807) is 0 Å². The van der Waals surface area contributed by atoms with Crippen LogP contribution >= 0.6 is 0 Å². The number of anilines is 2.